The maximum absolute atomic E-state index is 2.54. The molecule has 81 heavy (non-hydrogen) atoms. The smallest absolute Gasteiger partial charge is 0.0617 e. The molecule has 0 aliphatic heterocycles. The molecular formula is C76H48N4Se. The molecule has 17 aromatic rings. The Morgan fingerprint density at radius 2 is 0.469 bits per heavy atom. The minimum Gasteiger partial charge on any atom is -0.0617 e. The molecule has 12 aromatic carbocycles. The average molecular weight is 1100 g/mol. The second-order valence-corrected chi connectivity index (χ2v) is 23.5. The number of hydrogen-bond acceptors (Lipinski definition) is 0. The van der Waals surface area contributed by atoms with Gasteiger partial charge in [0.05, 0.1) is 0 Å². The molecule has 0 spiro atoms. The number of rotatable bonds is 8. The van der Waals surface area contributed by atoms with Crippen molar-refractivity contribution in [1.82, 2.24) is 18.3 Å². The van der Waals surface area contributed by atoms with Crippen LogP contribution in [0, 0.1) is 0 Å². The molecule has 0 atom stereocenters. The van der Waals surface area contributed by atoms with E-state index in [-0.39, 0.29) is 14.5 Å². The third-order valence-corrected chi connectivity index (χ3v) is 19.1. The van der Waals surface area contributed by atoms with Crippen LogP contribution in [0.1, 0.15) is 0 Å². The number of hydrogen-bond donors (Lipinski definition) is 0. The predicted octanol–water partition coefficient (Wildman–Crippen LogP) is 19.8. The zero-order valence-corrected chi connectivity index (χ0v) is 45.6. The summed E-state index contributed by atoms with van der Waals surface area (Å²) < 4.78 is 12.9. The van der Waals surface area contributed by atoms with Gasteiger partial charge in [-0.2, -0.15) is 0 Å². The van der Waals surface area contributed by atoms with E-state index in [4.69, 9.17) is 0 Å². The quantitative estimate of drug-likeness (QED) is 0.135. The van der Waals surface area contributed by atoms with E-state index < -0.39 is 0 Å². The minimum absolute atomic E-state index is 0.124. The van der Waals surface area contributed by atoms with Gasteiger partial charge in [0, 0.05) is 0 Å². The Morgan fingerprint density at radius 1 is 0.198 bits per heavy atom. The van der Waals surface area contributed by atoms with E-state index in [2.05, 4.69) is 309 Å². The van der Waals surface area contributed by atoms with Crippen molar-refractivity contribution in [2.45, 2.75) is 0 Å². The van der Waals surface area contributed by atoms with Gasteiger partial charge in [-0.3, -0.25) is 0 Å². The van der Waals surface area contributed by atoms with E-state index in [1.165, 1.54) is 118 Å². The Balaban J connectivity index is 0.938. The van der Waals surface area contributed by atoms with Crippen LogP contribution in [0.2, 0.25) is 0 Å². The van der Waals surface area contributed by atoms with Gasteiger partial charge in [0.1, 0.15) is 0 Å². The van der Waals surface area contributed by atoms with Crippen LogP contribution in [0.15, 0.2) is 291 Å². The zero-order valence-electron chi connectivity index (χ0n) is 43.9. The van der Waals surface area contributed by atoms with Crippen molar-refractivity contribution < 1.29 is 0 Å². The summed E-state index contributed by atoms with van der Waals surface area (Å²) in [6, 6.07) is 108. The van der Waals surface area contributed by atoms with Crippen LogP contribution in [0.3, 0.4) is 0 Å². The molecule has 5 heterocycles. The zero-order chi connectivity index (χ0) is 53.1. The molecule has 0 aliphatic carbocycles. The maximum atomic E-state index is 2.54. The standard InChI is InChI=1S/C76H48N4Se/c1-7-19-49(20-8-1)53-31-37-67-63(43-53)73-65-45-55(51-23-11-3-12-24-51)33-39-69(65)79(75(73)77(67)57-27-15-5-16-28-57)59-35-41-71-61(47-59)62-48-60(36-42-72(62)81-71)80-70-40-34-56(52-25-13-4-14-26-52)46-66(70)74-64-44-54(50-21-9-2-10-22-50)32-38-68(64)78(76(74)80)58-29-17-6-18-30-58/h1-48H. The summed E-state index contributed by atoms with van der Waals surface area (Å²) in [5, 5.41) is 10.0. The molecule has 0 unspecified atom stereocenters. The Labute approximate surface area is 473 Å². The second kappa shape index (κ2) is 18.2. The van der Waals surface area contributed by atoms with Gasteiger partial charge >= 0.3 is 428 Å². The van der Waals surface area contributed by atoms with Gasteiger partial charge in [-0.25, -0.2) is 0 Å². The van der Waals surface area contributed by atoms with Crippen LogP contribution in [-0.4, -0.2) is 32.8 Å². The van der Waals surface area contributed by atoms with Gasteiger partial charge in [-0.05, 0) is 0 Å². The van der Waals surface area contributed by atoms with Gasteiger partial charge in [0.15, 0.2) is 0 Å². The van der Waals surface area contributed by atoms with E-state index in [1.807, 2.05) is 0 Å². The number of benzene rings is 12. The first kappa shape index (κ1) is 45.8. The fraction of sp³-hybridized carbons (Fsp3) is 0. The summed E-state index contributed by atoms with van der Waals surface area (Å²) >= 11 is 0.124. The summed E-state index contributed by atoms with van der Waals surface area (Å²) in [6.45, 7) is 0. The fourth-order valence-electron chi connectivity index (χ4n) is 13.1. The van der Waals surface area contributed by atoms with Crippen molar-refractivity contribution in [2.75, 3.05) is 0 Å². The summed E-state index contributed by atoms with van der Waals surface area (Å²) in [4.78, 5) is 0. The molecule has 0 saturated heterocycles. The van der Waals surface area contributed by atoms with Crippen LogP contribution in [0.4, 0.5) is 0 Å². The second-order valence-electron chi connectivity index (χ2n) is 21.3. The number of para-hydroxylation sites is 2. The average Bonchev–Trinajstić information content (AvgIpc) is 4.08. The van der Waals surface area contributed by atoms with Gasteiger partial charge in [-0.15, -0.1) is 0 Å². The first-order valence-electron chi connectivity index (χ1n) is 27.7. The summed E-state index contributed by atoms with van der Waals surface area (Å²) in [5.41, 5.74) is 21.2. The van der Waals surface area contributed by atoms with E-state index in [1.54, 1.807) is 0 Å². The van der Waals surface area contributed by atoms with E-state index in [0.29, 0.717) is 0 Å². The molecule has 378 valence electrons. The Kier molecular flexibility index (Phi) is 10.3. The van der Waals surface area contributed by atoms with Crippen LogP contribution in [-0.2, 0) is 0 Å². The van der Waals surface area contributed by atoms with E-state index in [0.717, 1.165) is 34.0 Å². The normalized spacial score (nSPS) is 12.0. The molecule has 0 radical (unpaired) electrons. The molecule has 0 saturated carbocycles. The Morgan fingerprint density at radius 3 is 0.765 bits per heavy atom. The topological polar surface area (TPSA) is 19.7 Å². The molecule has 0 N–H and O–H groups in total. The molecule has 0 aliphatic rings. The fourth-order valence-corrected chi connectivity index (χ4v) is 15.3. The van der Waals surface area contributed by atoms with Crippen molar-refractivity contribution in [3.8, 4) is 67.3 Å². The van der Waals surface area contributed by atoms with Crippen LogP contribution < -0.4 is 0 Å². The van der Waals surface area contributed by atoms with E-state index >= 15 is 0 Å². The van der Waals surface area contributed by atoms with Crippen LogP contribution in [0.25, 0.3) is 152 Å². The molecule has 5 heteroatoms. The van der Waals surface area contributed by atoms with Gasteiger partial charge in [0.25, 0.3) is 0 Å². The molecule has 0 bridgehead atoms. The predicted molar refractivity (Wildman–Crippen MR) is 342 cm³/mol. The minimum atomic E-state index is 0.124. The van der Waals surface area contributed by atoms with E-state index in [9.17, 15) is 0 Å². The number of aromatic nitrogens is 4. The van der Waals surface area contributed by atoms with Crippen molar-refractivity contribution in [3.05, 3.63) is 291 Å². The molecular weight excluding hydrogens is 1050 g/mol. The molecule has 5 aromatic heterocycles. The van der Waals surface area contributed by atoms with Gasteiger partial charge in [0.2, 0.25) is 0 Å². The van der Waals surface area contributed by atoms with Crippen LogP contribution >= 0.6 is 0 Å². The molecule has 0 fully saturated rings. The molecule has 17 rings (SSSR count). The van der Waals surface area contributed by atoms with Crippen LogP contribution in [0.5, 0.6) is 0 Å². The van der Waals surface area contributed by atoms with Crippen molar-refractivity contribution in [1.29, 1.82) is 0 Å². The monoisotopic (exact) mass is 1100 g/mol. The number of nitrogens with zero attached hydrogens (tertiary/aromatic N) is 4. The van der Waals surface area contributed by atoms with Gasteiger partial charge in [-0.1, -0.05) is 48.5 Å². The third-order valence-electron chi connectivity index (χ3n) is 16.7. The Hall–Kier alpha value is -10.2. The third kappa shape index (κ3) is 7.16. The SMILES string of the molecule is c1ccc(-c2ccc3c(c2)c2c4cc(-c5ccccc5)ccc4n(-c4ccc5[se]c6ccc(-n7c8ccc(-c9ccccc9)cc8c8c9cc(-c%10ccccc%10)ccc9n(-c9ccccc9)c87)cc6c5c4)c2n3-c2ccccc2)cc1. The van der Waals surface area contributed by atoms with Crippen molar-refractivity contribution in [2.24, 2.45) is 0 Å². The first-order valence-corrected chi connectivity index (χ1v) is 29.4. The van der Waals surface area contributed by atoms with Gasteiger partial charge < -0.3 is 0 Å². The summed E-state index contributed by atoms with van der Waals surface area (Å²) in [5.74, 6) is 0. The van der Waals surface area contributed by atoms with Crippen molar-refractivity contribution >= 4 is 99.5 Å². The Bertz CT molecular complexity index is 4970. The molecule has 0 amide bonds. The summed E-state index contributed by atoms with van der Waals surface area (Å²) in [6.07, 6.45) is 0. The summed E-state index contributed by atoms with van der Waals surface area (Å²) in [7, 11) is 0. The first-order chi connectivity index (χ1) is 40.2. The number of fused-ring (bicyclic) bond motifs is 13. The molecule has 4 nitrogen and oxygen atoms in total. The van der Waals surface area contributed by atoms with Crippen molar-refractivity contribution in [3.63, 3.8) is 0 Å².